The molecule has 1 amide bonds. The van der Waals surface area contributed by atoms with Crippen molar-refractivity contribution >= 4 is 12.1 Å². The summed E-state index contributed by atoms with van der Waals surface area (Å²) in [5.41, 5.74) is -1.94. The number of carboxylic acid groups (broad SMARTS) is 1. The fourth-order valence-corrected chi connectivity index (χ4v) is 2.03. The molecule has 6 nitrogen and oxygen atoms in total. The van der Waals surface area contributed by atoms with E-state index in [1.165, 1.54) is 18.9 Å². The molecule has 17 heavy (non-hydrogen) atoms. The lowest BCUT2D eigenvalue weighted by Crippen LogP contribution is -2.56. The van der Waals surface area contributed by atoms with Gasteiger partial charge in [0.15, 0.2) is 0 Å². The Morgan fingerprint density at radius 2 is 2.12 bits per heavy atom. The number of hydrogen-bond donors (Lipinski definition) is 1. The van der Waals surface area contributed by atoms with Gasteiger partial charge in [0.1, 0.15) is 12.1 Å². The van der Waals surface area contributed by atoms with E-state index >= 15 is 0 Å². The molecule has 1 saturated heterocycles. The molecule has 0 radical (unpaired) electrons. The summed E-state index contributed by atoms with van der Waals surface area (Å²) in [7, 11) is 1.52. The molecule has 1 N–H and O–H groups in total. The van der Waals surface area contributed by atoms with Crippen LogP contribution < -0.4 is 0 Å². The lowest BCUT2D eigenvalue weighted by molar-refractivity contribution is -0.152. The van der Waals surface area contributed by atoms with Crippen LogP contribution in [-0.4, -0.2) is 53.5 Å². The van der Waals surface area contributed by atoms with Gasteiger partial charge in [0.05, 0.1) is 12.1 Å². The number of rotatable bonds is 5. The second kappa shape index (κ2) is 4.52. The minimum Gasteiger partial charge on any atom is -0.480 e. The zero-order chi connectivity index (χ0) is 13.3. The Kier molecular flexibility index (Phi) is 3.66. The molecule has 1 aliphatic rings. The highest BCUT2D eigenvalue weighted by Crippen LogP contribution is 2.30. The molecule has 1 heterocycles. The second-order valence-electron chi connectivity index (χ2n) is 4.99. The Labute approximate surface area is 100 Å². The van der Waals surface area contributed by atoms with Crippen LogP contribution in [0.2, 0.25) is 0 Å². The van der Waals surface area contributed by atoms with E-state index in [-0.39, 0.29) is 13.0 Å². The molecule has 0 spiro atoms. The predicted molar refractivity (Wildman–Crippen MR) is 59.8 cm³/mol. The molecule has 0 aromatic carbocycles. The zero-order valence-electron chi connectivity index (χ0n) is 10.6. The number of hydrogen-bond acceptors (Lipinski definition) is 4. The van der Waals surface area contributed by atoms with Gasteiger partial charge in [-0.15, -0.1) is 0 Å². The average molecular weight is 245 g/mol. The van der Waals surface area contributed by atoms with Crippen molar-refractivity contribution in [2.24, 2.45) is 0 Å². The first kappa shape index (κ1) is 13.8. The molecular formula is C11H19NO5. The van der Waals surface area contributed by atoms with Gasteiger partial charge < -0.3 is 14.6 Å². The number of nitrogens with zero attached hydrogens (tertiary/aromatic N) is 1. The summed E-state index contributed by atoms with van der Waals surface area (Å²) in [5.74, 6) is -1.05. The largest absolute Gasteiger partial charge is 0.480 e. The molecule has 1 aliphatic heterocycles. The molecule has 98 valence electrons. The van der Waals surface area contributed by atoms with Crippen LogP contribution in [0.1, 0.15) is 27.2 Å². The highest BCUT2D eigenvalue weighted by Gasteiger charge is 2.48. The van der Waals surface area contributed by atoms with Gasteiger partial charge in [0.2, 0.25) is 0 Å². The van der Waals surface area contributed by atoms with Gasteiger partial charge in [-0.2, -0.15) is 0 Å². The Hall–Kier alpha value is -1.30. The van der Waals surface area contributed by atoms with E-state index in [4.69, 9.17) is 9.47 Å². The molecule has 0 saturated carbocycles. The van der Waals surface area contributed by atoms with E-state index in [1.807, 2.05) is 0 Å². The van der Waals surface area contributed by atoms with Gasteiger partial charge >= 0.3 is 12.1 Å². The van der Waals surface area contributed by atoms with Crippen LogP contribution in [-0.2, 0) is 14.3 Å². The van der Waals surface area contributed by atoms with E-state index in [2.05, 4.69) is 0 Å². The van der Waals surface area contributed by atoms with Gasteiger partial charge in [-0.25, -0.2) is 9.59 Å². The predicted octanol–water partition coefficient (Wildman–Crippen LogP) is 1.10. The van der Waals surface area contributed by atoms with E-state index in [9.17, 15) is 14.7 Å². The van der Waals surface area contributed by atoms with E-state index in [0.29, 0.717) is 6.54 Å². The lowest BCUT2D eigenvalue weighted by Gasteiger charge is -2.38. The minimum atomic E-state index is -1.31. The summed E-state index contributed by atoms with van der Waals surface area (Å²) < 4.78 is 10.0. The summed E-state index contributed by atoms with van der Waals surface area (Å²) in [6, 6.07) is 0. The number of cyclic esters (lactones) is 1. The SMILES string of the molecule is COC(C)(C)CC(C)(C(=O)O)N1CCOC1=O. The molecule has 1 atom stereocenters. The molecule has 1 fully saturated rings. The number of methoxy groups -OCH3 is 1. The molecule has 0 aliphatic carbocycles. The number of carbonyl (C=O) groups excluding carboxylic acids is 1. The second-order valence-corrected chi connectivity index (χ2v) is 4.99. The fourth-order valence-electron chi connectivity index (χ4n) is 2.03. The number of aliphatic carboxylic acids is 1. The van der Waals surface area contributed by atoms with Crippen LogP contribution in [0.15, 0.2) is 0 Å². The number of carbonyl (C=O) groups is 2. The number of ether oxygens (including phenoxy) is 2. The van der Waals surface area contributed by atoms with Crippen molar-refractivity contribution in [1.29, 1.82) is 0 Å². The standard InChI is InChI=1S/C11H19NO5/c1-10(2,16-4)7-11(3,8(13)14)12-5-6-17-9(12)15/h5-7H2,1-4H3,(H,13,14). The molecule has 0 aromatic rings. The number of amides is 1. The normalized spacial score (nSPS) is 20.0. The van der Waals surface area contributed by atoms with Crippen molar-refractivity contribution in [3.63, 3.8) is 0 Å². The molecular weight excluding hydrogens is 226 g/mol. The van der Waals surface area contributed by atoms with Crippen LogP contribution >= 0.6 is 0 Å². The fraction of sp³-hybridized carbons (Fsp3) is 0.818. The summed E-state index contributed by atoms with van der Waals surface area (Å²) in [6.07, 6.45) is -0.386. The molecule has 0 aromatic heterocycles. The van der Waals surface area contributed by atoms with Crippen molar-refractivity contribution in [1.82, 2.24) is 4.90 Å². The average Bonchev–Trinajstić information content (AvgIpc) is 2.64. The Morgan fingerprint density at radius 3 is 2.47 bits per heavy atom. The van der Waals surface area contributed by atoms with E-state index in [0.717, 1.165) is 0 Å². The van der Waals surface area contributed by atoms with Gasteiger partial charge in [0.25, 0.3) is 0 Å². The molecule has 0 bridgehead atoms. The Bertz CT molecular complexity index is 328. The smallest absolute Gasteiger partial charge is 0.410 e. The van der Waals surface area contributed by atoms with Gasteiger partial charge in [-0.1, -0.05) is 0 Å². The van der Waals surface area contributed by atoms with Crippen molar-refractivity contribution in [2.75, 3.05) is 20.3 Å². The van der Waals surface area contributed by atoms with Crippen LogP contribution in [0.25, 0.3) is 0 Å². The van der Waals surface area contributed by atoms with Gasteiger partial charge in [0, 0.05) is 13.5 Å². The third-order valence-electron chi connectivity index (χ3n) is 3.14. The van der Waals surface area contributed by atoms with Crippen LogP contribution in [0, 0.1) is 0 Å². The van der Waals surface area contributed by atoms with Crippen molar-refractivity contribution < 1.29 is 24.2 Å². The summed E-state index contributed by atoms with van der Waals surface area (Å²) in [5, 5.41) is 9.36. The Morgan fingerprint density at radius 1 is 1.53 bits per heavy atom. The number of carboxylic acids is 1. The third kappa shape index (κ3) is 2.69. The molecule has 1 rings (SSSR count). The van der Waals surface area contributed by atoms with Crippen molar-refractivity contribution in [2.45, 2.75) is 38.3 Å². The quantitative estimate of drug-likeness (QED) is 0.784. The highest BCUT2D eigenvalue weighted by molar-refractivity contribution is 5.84. The maximum Gasteiger partial charge on any atom is 0.410 e. The minimum absolute atomic E-state index is 0.195. The van der Waals surface area contributed by atoms with Crippen LogP contribution in [0.5, 0.6) is 0 Å². The first-order chi connectivity index (χ1) is 7.73. The lowest BCUT2D eigenvalue weighted by atomic mass is 9.86. The Balaban J connectivity index is 2.97. The van der Waals surface area contributed by atoms with Crippen molar-refractivity contribution in [3.8, 4) is 0 Å². The zero-order valence-corrected chi connectivity index (χ0v) is 10.6. The third-order valence-corrected chi connectivity index (χ3v) is 3.14. The van der Waals surface area contributed by atoms with E-state index in [1.54, 1.807) is 13.8 Å². The maximum atomic E-state index is 11.5. The highest BCUT2D eigenvalue weighted by atomic mass is 16.6. The first-order valence-electron chi connectivity index (χ1n) is 5.46. The summed E-state index contributed by atoms with van der Waals surface area (Å²) >= 11 is 0. The van der Waals surface area contributed by atoms with Crippen LogP contribution in [0.3, 0.4) is 0 Å². The van der Waals surface area contributed by atoms with Gasteiger partial charge in [-0.05, 0) is 20.8 Å². The first-order valence-corrected chi connectivity index (χ1v) is 5.46. The van der Waals surface area contributed by atoms with E-state index < -0.39 is 23.2 Å². The maximum absolute atomic E-state index is 11.5. The van der Waals surface area contributed by atoms with Crippen molar-refractivity contribution in [3.05, 3.63) is 0 Å². The molecule has 6 heteroatoms. The van der Waals surface area contributed by atoms with Gasteiger partial charge in [-0.3, -0.25) is 4.90 Å². The van der Waals surface area contributed by atoms with Crippen LogP contribution in [0.4, 0.5) is 4.79 Å². The topological polar surface area (TPSA) is 76.1 Å². The summed E-state index contributed by atoms with van der Waals surface area (Å²) in [4.78, 5) is 24.2. The monoisotopic (exact) mass is 245 g/mol. The molecule has 1 unspecified atom stereocenters. The summed E-state index contributed by atoms with van der Waals surface area (Å²) in [6.45, 7) is 5.62.